The molecule has 0 N–H and O–H groups in total. The van der Waals surface area contributed by atoms with Crippen LogP contribution in [0, 0.1) is 0 Å². The van der Waals surface area contributed by atoms with Crippen molar-refractivity contribution in [2.24, 2.45) is 0 Å². The van der Waals surface area contributed by atoms with Gasteiger partial charge in [-0.15, -0.1) is 11.3 Å². The number of hydrogen-bond donors (Lipinski definition) is 0. The molecule has 1 amide bonds. The molecule has 0 saturated heterocycles. The van der Waals surface area contributed by atoms with Gasteiger partial charge in [-0.05, 0) is 25.1 Å². The molecule has 0 aliphatic rings. The summed E-state index contributed by atoms with van der Waals surface area (Å²) in [6, 6.07) is 4.01. The molecule has 1 aromatic carbocycles. The first-order valence-corrected chi connectivity index (χ1v) is 8.17. The zero-order valence-corrected chi connectivity index (χ0v) is 14.3. The lowest BCUT2D eigenvalue weighted by molar-refractivity contribution is -0.137. The van der Waals surface area contributed by atoms with Crippen LogP contribution in [0.15, 0.2) is 29.6 Å². The maximum Gasteiger partial charge on any atom is 0.416 e. The van der Waals surface area contributed by atoms with Crippen molar-refractivity contribution in [3.8, 4) is 0 Å². The lowest BCUT2D eigenvalue weighted by atomic mass is 10.1. The summed E-state index contributed by atoms with van der Waals surface area (Å²) < 4.78 is 43.0. The van der Waals surface area contributed by atoms with E-state index in [1.54, 1.807) is 12.3 Å². The number of rotatable bonds is 5. The number of esters is 1. The first-order valence-electron chi connectivity index (χ1n) is 7.29. The van der Waals surface area contributed by atoms with Crippen molar-refractivity contribution >= 4 is 28.3 Å². The Bertz CT molecular complexity index is 774. The van der Waals surface area contributed by atoms with Crippen molar-refractivity contribution in [1.29, 1.82) is 0 Å². The third kappa shape index (κ3) is 4.79. The summed E-state index contributed by atoms with van der Waals surface area (Å²) in [5.41, 5.74) is -0.692. The van der Waals surface area contributed by atoms with Crippen LogP contribution < -0.4 is 4.90 Å². The fourth-order valence-electron chi connectivity index (χ4n) is 2.02. The van der Waals surface area contributed by atoms with Crippen LogP contribution in [0.5, 0.6) is 0 Å². The Morgan fingerprint density at radius 2 is 2.04 bits per heavy atom. The molecule has 0 spiro atoms. The first-order chi connectivity index (χ1) is 11.7. The number of thiazole rings is 1. The molecule has 1 heterocycles. The van der Waals surface area contributed by atoms with E-state index in [9.17, 15) is 22.8 Å². The highest BCUT2D eigenvalue weighted by Crippen LogP contribution is 2.29. The van der Waals surface area contributed by atoms with E-state index < -0.39 is 17.7 Å². The molecule has 2 rings (SSSR count). The van der Waals surface area contributed by atoms with E-state index in [0.717, 1.165) is 18.2 Å². The van der Waals surface area contributed by atoms with Crippen LogP contribution in [-0.4, -0.2) is 23.4 Å². The standard InChI is InChI=1S/C16H15F3N2O3S/c1-3-21(10(2)22)15-20-13(9-25-15)8-24-14(23)11-5-4-6-12(7-11)16(17,18)19/h4-7,9H,3,8H2,1-2H3. The molecule has 0 aliphatic carbocycles. The summed E-state index contributed by atoms with van der Waals surface area (Å²) in [4.78, 5) is 29.0. The SMILES string of the molecule is CCN(C(C)=O)c1nc(COC(=O)c2cccc(C(F)(F)F)c2)cs1. The Kier molecular flexibility index (Phi) is 5.78. The molecule has 0 atom stereocenters. The molecule has 25 heavy (non-hydrogen) atoms. The number of carbonyl (C=O) groups is 2. The largest absolute Gasteiger partial charge is 0.456 e. The minimum absolute atomic E-state index is 0.163. The number of amides is 1. The zero-order chi connectivity index (χ0) is 18.6. The average molecular weight is 372 g/mol. The van der Waals surface area contributed by atoms with Crippen molar-refractivity contribution in [3.05, 3.63) is 46.5 Å². The van der Waals surface area contributed by atoms with Crippen molar-refractivity contribution < 1.29 is 27.5 Å². The molecule has 0 unspecified atom stereocenters. The maximum atomic E-state index is 12.7. The number of ether oxygens (including phenoxy) is 1. The smallest absolute Gasteiger partial charge is 0.416 e. The molecule has 1 aromatic heterocycles. The number of halogens is 3. The van der Waals surface area contributed by atoms with Crippen LogP contribution in [0.1, 0.15) is 35.5 Å². The van der Waals surface area contributed by atoms with E-state index >= 15 is 0 Å². The molecular formula is C16H15F3N2O3S. The van der Waals surface area contributed by atoms with Crippen molar-refractivity contribution in [2.75, 3.05) is 11.4 Å². The fourth-order valence-corrected chi connectivity index (χ4v) is 2.94. The lowest BCUT2D eigenvalue weighted by Crippen LogP contribution is -2.27. The molecule has 134 valence electrons. The van der Waals surface area contributed by atoms with Crippen molar-refractivity contribution in [3.63, 3.8) is 0 Å². The highest BCUT2D eigenvalue weighted by atomic mass is 32.1. The molecule has 9 heteroatoms. The van der Waals surface area contributed by atoms with Gasteiger partial charge in [-0.3, -0.25) is 9.69 Å². The van der Waals surface area contributed by atoms with Gasteiger partial charge in [-0.2, -0.15) is 13.2 Å². The second kappa shape index (κ2) is 7.64. The van der Waals surface area contributed by atoms with Crippen LogP contribution >= 0.6 is 11.3 Å². The highest BCUT2D eigenvalue weighted by molar-refractivity contribution is 7.14. The first kappa shape index (κ1) is 18.9. The van der Waals surface area contributed by atoms with Crippen LogP contribution in [0.25, 0.3) is 0 Å². The summed E-state index contributed by atoms with van der Waals surface area (Å²) in [7, 11) is 0. The molecule has 0 bridgehead atoms. The quantitative estimate of drug-likeness (QED) is 0.747. The lowest BCUT2D eigenvalue weighted by Gasteiger charge is -2.14. The Morgan fingerprint density at radius 1 is 1.32 bits per heavy atom. The summed E-state index contributed by atoms with van der Waals surface area (Å²) in [5, 5.41) is 2.10. The van der Waals surface area contributed by atoms with Gasteiger partial charge in [0, 0.05) is 18.8 Å². The summed E-state index contributed by atoms with van der Waals surface area (Å²) in [6.45, 7) is 3.47. The molecule has 0 aliphatic heterocycles. The van der Waals surface area contributed by atoms with Crippen molar-refractivity contribution in [2.45, 2.75) is 26.6 Å². The van der Waals surface area contributed by atoms with Gasteiger partial charge in [0.2, 0.25) is 5.91 Å². The predicted molar refractivity (Wildman–Crippen MR) is 86.4 cm³/mol. The third-order valence-corrected chi connectivity index (χ3v) is 4.16. The van der Waals surface area contributed by atoms with Crippen LogP contribution in [0.2, 0.25) is 0 Å². The van der Waals surface area contributed by atoms with Gasteiger partial charge in [-0.25, -0.2) is 9.78 Å². The van der Waals surface area contributed by atoms with Gasteiger partial charge >= 0.3 is 12.1 Å². The van der Waals surface area contributed by atoms with Gasteiger partial charge < -0.3 is 4.74 Å². The third-order valence-electron chi connectivity index (χ3n) is 3.24. The Hall–Kier alpha value is -2.42. The summed E-state index contributed by atoms with van der Waals surface area (Å²) in [6.07, 6.45) is -4.53. The van der Waals surface area contributed by atoms with Crippen LogP contribution in [-0.2, 0) is 22.3 Å². The minimum Gasteiger partial charge on any atom is -0.456 e. The van der Waals surface area contributed by atoms with Gasteiger partial charge in [0.15, 0.2) is 5.13 Å². The maximum absolute atomic E-state index is 12.7. The second-order valence-electron chi connectivity index (χ2n) is 5.04. The van der Waals surface area contributed by atoms with Crippen LogP contribution in [0.4, 0.5) is 18.3 Å². The number of nitrogens with zero attached hydrogens (tertiary/aromatic N) is 2. The summed E-state index contributed by atoms with van der Waals surface area (Å²) in [5.74, 6) is -1.04. The molecule has 2 aromatic rings. The molecule has 0 radical (unpaired) electrons. The van der Waals surface area contributed by atoms with E-state index in [-0.39, 0.29) is 18.1 Å². The van der Waals surface area contributed by atoms with Crippen LogP contribution in [0.3, 0.4) is 0 Å². The topological polar surface area (TPSA) is 59.5 Å². The number of aromatic nitrogens is 1. The second-order valence-corrected chi connectivity index (χ2v) is 5.88. The Morgan fingerprint density at radius 3 is 2.64 bits per heavy atom. The number of anilines is 1. The number of carbonyl (C=O) groups excluding carboxylic acids is 2. The van der Waals surface area contributed by atoms with E-state index in [4.69, 9.17) is 4.74 Å². The molecule has 0 fully saturated rings. The monoisotopic (exact) mass is 372 g/mol. The van der Waals surface area contributed by atoms with E-state index in [1.165, 1.54) is 29.2 Å². The minimum atomic E-state index is -4.53. The number of benzene rings is 1. The molecule has 0 saturated carbocycles. The Labute approximate surface area is 146 Å². The zero-order valence-electron chi connectivity index (χ0n) is 13.5. The van der Waals surface area contributed by atoms with Gasteiger partial charge in [0.1, 0.15) is 6.61 Å². The predicted octanol–water partition coefficient (Wildman–Crippen LogP) is 3.89. The number of hydrogen-bond acceptors (Lipinski definition) is 5. The number of alkyl halides is 3. The fraction of sp³-hybridized carbons (Fsp3) is 0.312. The van der Waals surface area contributed by atoms with E-state index in [2.05, 4.69) is 4.98 Å². The van der Waals surface area contributed by atoms with Gasteiger partial charge in [0.25, 0.3) is 0 Å². The van der Waals surface area contributed by atoms with E-state index in [1.807, 2.05) is 0 Å². The van der Waals surface area contributed by atoms with Crippen molar-refractivity contribution in [1.82, 2.24) is 4.98 Å². The Balaban J connectivity index is 2.03. The molecule has 5 nitrogen and oxygen atoms in total. The average Bonchev–Trinajstić information content (AvgIpc) is 3.01. The van der Waals surface area contributed by atoms with Gasteiger partial charge in [0.05, 0.1) is 16.8 Å². The highest BCUT2D eigenvalue weighted by Gasteiger charge is 2.31. The normalized spacial score (nSPS) is 11.2. The molecular weight excluding hydrogens is 357 g/mol. The van der Waals surface area contributed by atoms with E-state index in [0.29, 0.717) is 17.4 Å². The van der Waals surface area contributed by atoms with Gasteiger partial charge in [-0.1, -0.05) is 6.07 Å². The summed E-state index contributed by atoms with van der Waals surface area (Å²) >= 11 is 1.22.